The SMILES string of the molecule is CC(C)(C)OC(=O)N1C[C@H](N(OCc2ccccc2)C(=O)Cl)CC[C@@]1(C(=O)O)c1ccc(S(C)(=O)=O)cc1. The number of carboxylic acids is 1. The van der Waals surface area contributed by atoms with Crippen LogP contribution in [0.1, 0.15) is 44.7 Å². The van der Waals surface area contributed by atoms with Gasteiger partial charge in [-0.25, -0.2) is 23.1 Å². The number of ether oxygens (including phenoxy) is 1. The number of carbonyl (C=O) groups excluding carboxylic acids is 2. The van der Waals surface area contributed by atoms with E-state index in [1.54, 1.807) is 32.9 Å². The van der Waals surface area contributed by atoms with Crippen LogP contribution in [0.5, 0.6) is 0 Å². The number of hydrogen-bond acceptors (Lipinski definition) is 7. The van der Waals surface area contributed by atoms with Crippen molar-refractivity contribution < 1.29 is 37.5 Å². The lowest BCUT2D eigenvalue weighted by molar-refractivity contribution is -0.177. The molecule has 2 aromatic carbocycles. The molecule has 1 saturated heterocycles. The van der Waals surface area contributed by atoms with Gasteiger partial charge in [0.2, 0.25) is 0 Å². The number of rotatable bonds is 7. The summed E-state index contributed by atoms with van der Waals surface area (Å²) in [5, 5.41) is 10.5. The van der Waals surface area contributed by atoms with Crippen molar-refractivity contribution in [3.8, 4) is 0 Å². The second-order valence-electron chi connectivity index (χ2n) is 10.1. The Balaban J connectivity index is 2.01. The van der Waals surface area contributed by atoms with Crippen LogP contribution in [-0.2, 0) is 36.4 Å². The van der Waals surface area contributed by atoms with Crippen molar-refractivity contribution in [2.24, 2.45) is 0 Å². The molecule has 0 aromatic heterocycles. The van der Waals surface area contributed by atoms with Crippen molar-refractivity contribution in [3.63, 3.8) is 0 Å². The van der Waals surface area contributed by atoms with Gasteiger partial charge in [0.25, 0.3) is 0 Å². The van der Waals surface area contributed by atoms with Gasteiger partial charge in [0.15, 0.2) is 15.4 Å². The fraction of sp³-hybridized carbons (Fsp3) is 0.423. The molecule has 1 aliphatic rings. The van der Waals surface area contributed by atoms with Gasteiger partial charge in [-0.3, -0.25) is 14.5 Å². The zero-order valence-corrected chi connectivity index (χ0v) is 23.2. The van der Waals surface area contributed by atoms with Crippen molar-refractivity contribution in [2.45, 2.75) is 62.3 Å². The van der Waals surface area contributed by atoms with Gasteiger partial charge in [0.1, 0.15) is 12.2 Å². The van der Waals surface area contributed by atoms with Crippen LogP contribution in [0.15, 0.2) is 59.5 Å². The lowest BCUT2D eigenvalue weighted by Gasteiger charge is -2.48. The minimum absolute atomic E-state index is 0.00696. The molecule has 0 radical (unpaired) electrons. The fourth-order valence-electron chi connectivity index (χ4n) is 4.35. The van der Waals surface area contributed by atoms with Gasteiger partial charge in [-0.2, -0.15) is 0 Å². The van der Waals surface area contributed by atoms with Crippen molar-refractivity contribution in [1.82, 2.24) is 9.96 Å². The lowest BCUT2D eigenvalue weighted by Crippen LogP contribution is -2.63. The molecular formula is C26H31ClN2O8S. The van der Waals surface area contributed by atoms with Crippen molar-refractivity contribution in [2.75, 3.05) is 12.8 Å². The maximum Gasteiger partial charge on any atom is 0.411 e. The maximum atomic E-state index is 13.4. The molecule has 0 bridgehead atoms. The summed E-state index contributed by atoms with van der Waals surface area (Å²) in [6, 6.07) is 13.6. The van der Waals surface area contributed by atoms with Crippen LogP contribution in [0.3, 0.4) is 0 Å². The van der Waals surface area contributed by atoms with E-state index in [1.165, 1.54) is 24.3 Å². The molecule has 1 aliphatic heterocycles. The first-order valence-electron chi connectivity index (χ1n) is 11.9. The molecule has 38 heavy (non-hydrogen) atoms. The molecule has 2 aromatic rings. The molecule has 12 heteroatoms. The Bertz CT molecular complexity index is 1280. The minimum atomic E-state index is -3.53. The van der Waals surface area contributed by atoms with E-state index in [1.807, 2.05) is 18.2 Å². The summed E-state index contributed by atoms with van der Waals surface area (Å²) in [5.41, 5.74) is -1.87. The van der Waals surface area contributed by atoms with Crippen molar-refractivity contribution >= 4 is 38.9 Å². The van der Waals surface area contributed by atoms with Crippen LogP contribution < -0.4 is 0 Å². The van der Waals surface area contributed by atoms with Gasteiger partial charge in [-0.05, 0) is 68.5 Å². The molecule has 10 nitrogen and oxygen atoms in total. The Morgan fingerprint density at radius 1 is 1.11 bits per heavy atom. The second kappa shape index (κ2) is 11.3. The minimum Gasteiger partial charge on any atom is -0.479 e. The van der Waals surface area contributed by atoms with Gasteiger partial charge in [0, 0.05) is 12.8 Å². The molecule has 1 N–H and O–H groups in total. The standard InChI is InChI=1S/C26H31ClN2O8S/c1-25(2,3)37-24(33)28-16-20(29(23(27)32)36-17-18-8-6-5-7-9-18)14-15-26(28,22(30)31)19-10-12-21(13-11-19)38(4,34)35/h5-13,20H,14-17H2,1-4H3,(H,30,31)/t20-,26+/m1/s1. The summed E-state index contributed by atoms with van der Waals surface area (Å²) in [7, 11) is -3.53. The van der Waals surface area contributed by atoms with Crippen LogP contribution in [-0.4, -0.2) is 65.4 Å². The van der Waals surface area contributed by atoms with E-state index >= 15 is 0 Å². The van der Waals surface area contributed by atoms with E-state index < -0.39 is 44.4 Å². The van der Waals surface area contributed by atoms with Crippen LogP contribution >= 0.6 is 11.6 Å². The second-order valence-corrected chi connectivity index (χ2v) is 12.4. The summed E-state index contributed by atoms with van der Waals surface area (Å²) < 4.78 is 29.4. The summed E-state index contributed by atoms with van der Waals surface area (Å²) >= 11 is 5.84. The van der Waals surface area contributed by atoms with Crippen LogP contribution in [0.2, 0.25) is 0 Å². The molecule has 2 amide bonds. The number of sulfone groups is 1. The van der Waals surface area contributed by atoms with Gasteiger partial charge in [0.05, 0.1) is 10.9 Å². The summed E-state index contributed by atoms with van der Waals surface area (Å²) in [5.74, 6) is -1.33. The zero-order valence-electron chi connectivity index (χ0n) is 21.6. The number of aliphatic carboxylic acids is 1. The number of hydrogen-bond donors (Lipinski definition) is 1. The Morgan fingerprint density at radius 3 is 2.21 bits per heavy atom. The van der Waals surface area contributed by atoms with Gasteiger partial charge < -0.3 is 9.84 Å². The number of nitrogens with zero attached hydrogens (tertiary/aromatic N) is 2. The van der Waals surface area contributed by atoms with E-state index in [2.05, 4.69) is 0 Å². The first kappa shape index (κ1) is 29.4. The predicted molar refractivity (Wildman–Crippen MR) is 139 cm³/mol. The molecule has 1 fully saturated rings. The number of amides is 2. The highest BCUT2D eigenvalue weighted by Gasteiger charge is 2.54. The topological polar surface area (TPSA) is 131 Å². The fourth-order valence-corrected chi connectivity index (χ4v) is 5.17. The molecule has 3 rings (SSSR count). The summed E-state index contributed by atoms with van der Waals surface area (Å²) in [6.07, 6.45) is 0.120. The number of halogens is 1. The number of hydroxylamine groups is 2. The highest BCUT2D eigenvalue weighted by molar-refractivity contribution is 7.90. The number of carboxylic acid groups (broad SMARTS) is 1. The summed E-state index contributed by atoms with van der Waals surface area (Å²) in [4.78, 5) is 45.4. The Labute approximate surface area is 227 Å². The van der Waals surface area contributed by atoms with Gasteiger partial charge in [-0.1, -0.05) is 42.5 Å². The van der Waals surface area contributed by atoms with E-state index in [4.69, 9.17) is 21.2 Å². The zero-order chi connectivity index (χ0) is 28.3. The van der Waals surface area contributed by atoms with Crippen molar-refractivity contribution in [3.05, 3.63) is 65.7 Å². The number of carbonyl (C=O) groups is 3. The largest absolute Gasteiger partial charge is 0.479 e. The Hall–Kier alpha value is -3.15. The highest BCUT2D eigenvalue weighted by atomic mass is 35.5. The monoisotopic (exact) mass is 566 g/mol. The molecule has 206 valence electrons. The molecule has 0 aliphatic carbocycles. The van der Waals surface area contributed by atoms with Gasteiger partial charge in [-0.15, -0.1) is 0 Å². The molecule has 0 unspecified atom stereocenters. The highest BCUT2D eigenvalue weighted by Crippen LogP contribution is 2.41. The lowest BCUT2D eigenvalue weighted by atomic mass is 9.79. The smallest absolute Gasteiger partial charge is 0.411 e. The van der Waals surface area contributed by atoms with Crippen molar-refractivity contribution in [1.29, 1.82) is 0 Å². The van der Waals surface area contributed by atoms with E-state index in [0.717, 1.165) is 21.8 Å². The third-order valence-electron chi connectivity index (χ3n) is 6.14. The Kier molecular flexibility index (Phi) is 8.75. The molecular weight excluding hydrogens is 536 g/mol. The maximum absolute atomic E-state index is 13.4. The third-order valence-corrected chi connectivity index (χ3v) is 7.43. The molecule has 1 heterocycles. The van der Waals surface area contributed by atoms with Gasteiger partial charge >= 0.3 is 17.4 Å². The predicted octanol–water partition coefficient (Wildman–Crippen LogP) is 4.56. The Morgan fingerprint density at radius 2 is 1.71 bits per heavy atom. The molecule has 0 spiro atoms. The number of benzene rings is 2. The average Bonchev–Trinajstić information content (AvgIpc) is 2.83. The van der Waals surface area contributed by atoms with E-state index in [0.29, 0.717) is 0 Å². The van der Waals surface area contributed by atoms with E-state index in [9.17, 15) is 27.9 Å². The number of likely N-dealkylation sites (tertiary alicyclic amines) is 1. The summed E-state index contributed by atoms with van der Waals surface area (Å²) in [6.45, 7) is 4.70. The average molecular weight is 567 g/mol. The normalized spacial score (nSPS) is 20.0. The van der Waals surface area contributed by atoms with E-state index in [-0.39, 0.29) is 36.5 Å². The quantitative estimate of drug-likeness (QED) is 0.293. The molecule has 2 atom stereocenters. The number of piperidine rings is 1. The van der Waals surface area contributed by atoms with Crippen LogP contribution in [0.25, 0.3) is 0 Å². The van der Waals surface area contributed by atoms with Crippen LogP contribution in [0.4, 0.5) is 9.59 Å². The first-order chi connectivity index (χ1) is 17.6. The first-order valence-corrected chi connectivity index (χ1v) is 14.1. The molecule has 0 saturated carbocycles. The third kappa shape index (κ3) is 6.64. The van der Waals surface area contributed by atoms with Crippen LogP contribution in [0, 0.1) is 0 Å².